The van der Waals surface area contributed by atoms with Gasteiger partial charge in [0, 0.05) is 24.1 Å². The Labute approximate surface area is 110 Å². The van der Waals surface area contributed by atoms with Crippen LogP contribution in [-0.4, -0.2) is 17.9 Å². The Balaban J connectivity index is 2.79. The number of aliphatic imine (C=N–C) groups is 1. The molecule has 0 aliphatic heterocycles. The van der Waals surface area contributed by atoms with Gasteiger partial charge in [-0.15, -0.1) is 0 Å². The molecule has 1 rings (SSSR count). The Kier molecular flexibility index (Phi) is 4.58. The molecule has 0 unspecified atom stereocenters. The average molecular weight is 269 g/mol. The number of nitrogens with two attached hydrogens (primary N) is 1. The maximum atomic E-state index is 13.0. The van der Waals surface area contributed by atoms with Crippen LogP contribution in [0.5, 0.6) is 0 Å². The van der Waals surface area contributed by atoms with Gasteiger partial charge in [-0.25, -0.2) is 8.78 Å². The fraction of sp³-hybridized carbons (Fsp3) is 0.385. The Morgan fingerprint density at radius 3 is 2.26 bits per heavy atom. The largest absolute Gasteiger partial charge is 0.370 e. The third-order valence-corrected chi connectivity index (χ3v) is 2.29. The highest BCUT2D eigenvalue weighted by Gasteiger charge is 2.24. The van der Waals surface area contributed by atoms with Crippen LogP contribution in [0.25, 0.3) is 0 Å². The topological polar surface area (TPSA) is 67.5 Å². The van der Waals surface area contributed by atoms with E-state index in [2.05, 4.69) is 10.3 Å². The van der Waals surface area contributed by atoms with Gasteiger partial charge >= 0.3 is 0 Å². The molecule has 19 heavy (non-hydrogen) atoms. The lowest BCUT2D eigenvalue weighted by atomic mass is 10.1. The van der Waals surface area contributed by atoms with Gasteiger partial charge in [-0.3, -0.25) is 15.1 Å². The first kappa shape index (κ1) is 15.1. The van der Waals surface area contributed by atoms with Crippen molar-refractivity contribution < 1.29 is 13.6 Å². The molecule has 0 saturated heterocycles. The monoisotopic (exact) mass is 269 g/mol. The van der Waals surface area contributed by atoms with Crippen LogP contribution in [-0.2, 0) is 5.92 Å². The van der Waals surface area contributed by atoms with E-state index in [0.717, 1.165) is 6.92 Å². The van der Waals surface area contributed by atoms with E-state index in [4.69, 9.17) is 5.73 Å². The SMILES string of the molecule is CC(C)N=C(N)NC(=O)c1ccc(C(C)(F)F)cc1. The standard InChI is InChI=1S/C13H17F2N3O/c1-8(2)17-12(16)18-11(19)9-4-6-10(7-5-9)13(3,14)15/h4-8H,1-3H3,(H3,16,17,18,19). The molecular formula is C13H17F2N3O. The highest BCUT2D eigenvalue weighted by Crippen LogP contribution is 2.26. The number of alkyl halides is 2. The molecule has 0 aromatic heterocycles. The van der Waals surface area contributed by atoms with E-state index >= 15 is 0 Å². The van der Waals surface area contributed by atoms with Crippen LogP contribution in [0.4, 0.5) is 8.78 Å². The third kappa shape index (κ3) is 4.65. The van der Waals surface area contributed by atoms with Crippen molar-refractivity contribution in [2.24, 2.45) is 10.7 Å². The molecule has 1 aromatic carbocycles. The zero-order valence-electron chi connectivity index (χ0n) is 11.1. The number of carbonyl (C=O) groups excluding carboxylic acids is 1. The van der Waals surface area contributed by atoms with E-state index in [1.807, 2.05) is 13.8 Å². The van der Waals surface area contributed by atoms with Gasteiger partial charge in [0.15, 0.2) is 5.96 Å². The van der Waals surface area contributed by atoms with Crippen LogP contribution < -0.4 is 11.1 Å². The summed E-state index contributed by atoms with van der Waals surface area (Å²) in [5, 5.41) is 2.39. The van der Waals surface area contributed by atoms with Gasteiger partial charge in [0.1, 0.15) is 0 Å². The number of nitrogens with zero attached hydrogens (tertiary/aromatic N) is 1. The summed E-state index contributed by atoms with van der Waals surface area (Å²) < 4.78 is 26.0. The number of benzene rings is 1. The molecule has 0 spiro atoms. The molecule has 0 aliphatic carbocycles. The lowest BCUT2D eigenvalue weighted by Gasteiger charge is -2.11. The maximum absolute atomic E-state index is 13.0. The van der Waals surface area contributed by atoms with Crippen LogP contribution in [0.1, 0.15) is 36.7 Å². The molecule has 0 atom stereocenters. The lowest BCUT2D eigenvalue weighted by Crippen LogP contribution is -2.37. The summed E-state index contributed by atoms with van der Waals surface area (Å²) in [7, 11) is 0. The summed E-state index contributed by atoms with van der Waals surface area (Å²) in [6.45, 7) is 4.43. The molecule has 104 valence electrons. The maximum Gasteiger partial charge on any atom is 0.270 e. The molecule has 6 heteroatoms. The Morgan fingerprint density at radius 2 is 1.84 bits per heavy atom. The smallest absolute Gasteiger partial charge is 0.270 e. The molecule has 0 fully saturated rings. The predicted molar refractivity (Wildman–Crippen MR) is 70.2 cm³/mol. The summed E-state index contributed by atoms with van der Waals surface area (Å²) >= 11 is 0. The number of halogens is 2. The Bertz CT molecular complexity index is 476. The van der Waals surface area contributed by atoms with Crippen molar-refractivity contribution in [2.45, 2.75) is 32.7 Å². The van der Waals surface area contributed by atoms with E-state index < -0.39 is 11.8 Å². The molecule has 1 aromatic rings. The number of nitrogens with one attached hydrogen (secondary N) is 1. The van der Waals surface area contributed by atoms with Crippen LogP contribution in [0.3, 0.4) is 0 Å². The van der Waals surface area contributed by atoms with Crippen LogP contribution in [0.2, 0.25) is 0 Å². The Hall–Kier alpha value is -1.98. The number of hydrogen-bond acceptors (Lipinski definition) is 2. The Morgan fingerprint density at radius 1 is 1.32 bits per heavy atom. The van der Waals surface area contributed by atoms with Crippen molar-refractivity contribution in [1.82, 2.24) is 5.32 Å². The van der Waals surface area contributed by atoms with Gasteiger partial charge in [0.25, 0.3) is 11.8 Å². The summed E-state index contributed by atoms with van der Waals surface area (Å²) in [5.41, 5.74) is 5.61. The van der Waals surface area contributed by atoms with Crippen LogP contribution in [0, 0.1) is 0 Å². The predicted octanol–water partition coefficient (Wildman–Crippen LogP) is 2.25. The van der Waals surface area contributed by atoms with Crippen molar-refractivity contribution in [2.75, 3.05) is 0 Å². The van der Waals surface area contributed by atoms with Crippen LogP contribution >= 0.6 is 0 Å². The van der Waals surface area contributed by atoms with Crippen molar-refractivity contribution in [1.29, 1.82) is 0 Å². The van der Waals surface area contributed by atoms with Crippen molar-refractivity contribution in [3.63, 3.8) is 0 Å². The average Bonchev–Trinajstić information content (AvgIpc) is 2.26. The molecular weight excluding hydrogens is 252 g/mol. The second-order valence-corrected chi connectivity index (χ2v) is 4.53. The molecule has 3 N–H and O–H groups in total. The minimum atomic E-state index is -2.92. The summed E-state index contributed by atoms with van der Waals surface area (Å²) in [4.78, 5) is 15.7. The number of guanidine groups is 1. The van der Waals surface area contributed by atoms with E-state index in [0.29, 0.717) is 0 Å². The summed E-state index contributed by atoms with van der Waals surface area (Å²) in [5.74, 6) is -3.40. The lowest BCUT2D eigenvalue weighted by molar-refractivity contribution is 0.0174. The van der Waals surface area contributed by atoms with E-state index in [1.165, 1.54) is 24.3 Å². The second-order valence-electron chi connectivity index (χ2n) is 4.53. The minimum absolute atomic E-state index is 0.00454. The first-order chi connectivity index (χ1) is 8.70. The van der Waals surface area contributed by atoms with Crippen molar-refractivity contribution in [3.05, 3.63) is 35.4 Å². The highest BCUT2D eigenvalue weighted by atomic mass is 19.3. The first-order valence-corrected chi connectivity index (χ1v) is 5.83. The van der Waals surface area contributed by atoms with Crippen LogP contribution in [0.15, 0.2) is 29.3 Å². The van der Waals surface area contributed by atoms with Gasteiger partial charge in [-0.1, -0.05) is 12.1 Å². The number of carbonyl (C=O) groups is 1. The zero-order valence-corrected chi connectivity index (χ0v) is 11.1. The fourth-order valence-corrected chi connectivity index (χ4v) is 1.41. The molecule has 0 radical (unpaired) electrons. The highest BCUT2D eigenvalue weighted by molar-refractivity contribution is 6.05. The molecule has 1 amide bonds. The summed E-state index contributed by atoms with van der Waals surface area (Å²) in [6, 6.07) is 5.03. The molecule has 0 bridgehead atoms. The van der Waals surface area contributed by atoms with E-state index in [1.54, 1.807) is 0 Å². The number of hydrogen-bond donors (Lipinski definition) is 2. The molecule has 0 heterocycles. The third-order valence-electron chi connectivity index (χ3n) is 2.29. The van der Waals surface area contributed by atoms with Gasteiger partial charge in [0.2, 0.25) is 0 Å². The second kappa shape index (κ2) is 5.77. The minimum Gasteiger partial charge on any atom is -0.370 e. The quantitative estimate of drug-likeness (QED) is 0.653. The van der Waals surface area contributed by atoms with Gasteiger partial charge in [0.05, 0.1) is 0 Å². The van der Waals surface area contributed by atoms with Crippen molar-refractivity contribution in [3.8, 4) is 0 Å². The normalized spacial score (nSPS) is 12.6. The number of amides is 1. The van der Waals surface area contributed by atoms with Gasteiger partial charge in [-0.05, 0) is 26.0 Å². The van der Waals surface area contributed by atoms with Crippen molar-refractivity contribution >= 4 is 11.9 Å². The molecule has 0 aliphatic rings. The molecule has 4 nitrogen and oxygen atoms in total. The first-order valence-electron chi connectivity index (χ1n) is 5.83. The summed E-state index contributed by atoms with van der Waals surface area (Å²) in [6.07, 6.45) is 0. The van der Waals surface area contributed by atoms with Gasteiger partial charge in [-0.2, -0.15) is 0 Å². The fourth-order valence-electron chi connectivity index (χ4n) is 1.41. The van der Waals surface area contributed by atoms with E-state index in [-0.39, 0.29) is 23.1 Å². The van der Waals surface area contributed by atoms with Gasteiger partial charge < -0.3 is 5.73 Å². The zero-order chi connectivity index (χ0) is 14.6. The van der Waals surface area contributed by atoms with E-state index in [9.17, 15) is 13.6 Å². The number of rotatable bonds is 3. The molecule has 0 saturated carbocycles.